The first-order valence-electron chi connectivity index (χ1n) is 5.13. The van der Waals surface area contributed by atoms with Crippen LogP contribution in [-0.4, -0.2) is 16.4 Å². The van der Waals surface area contributed by atoms with Crippen LogP contribution >= 0.6 is 11.6 Å². The van der Waals surface area contributed by atoms with Crippen molar-refractivity contribution in [2.75, 3.05) is 0 Å². The summed E-state index contributed by atoms with van der Waals surface area (Å²) >= 11 is 5.66. The summed E-state index contributed by atoms with van der Waals surface area (Å²) in [6, 6.07) is 4.37. The molecular weight excluding hydrogens is 257 g/mol. The molecule has 0 fully saturated rings. The molecule has 92 valence electrons. The van der Waals surface area contributed by atoms with E-state index in [2.05, 4.69) is 4.98 Å². The zero-order valence-corrected chi connectivity index (χ0v) is 10.2. The van der Waals surface area contributed by atoms with Crippen LogP contribution in [0.1, 0.15) is 15.9 Å². The summed E-state index contributed by atoms with van der Waals surface area (Å²) < 4.78 is 13.8. The van der Waals surface area contributed by atoms with Crippen LogP contribution in [0.15, 0.2) is 24.4 Å². The van der Waals surface area contributed by atoms with Crippen molar-refractivity contribution in [1.82, 2.24) is 4.98 Å². The summed E-state index contributed by atoms with van der Waals surface area (Å²) in [4.78, 5) is 14.7. The van der Waals surface area contributed by atoms with Crippen molar-refractivity contribution in [2.24, 2.45) is 0 Å². The molecule has 18 heavy (non-hydrogen) atoms. The number of benzene rings is 1. The number of carbonyl (C=O) groups is 1. The van der Waals surface area contributed by atoms with Crippen LogP contribution in [-0.2, 0) is 0 Å². The molecular formula is C13H9ClFNO2. The molecule has 0 spiro atoms. The molecule has 5 heteroatoms. The van der Waals surface area contributed by atoms with E-state index in [0.717, 1.165) is 0 Å². The van der Waals surface area contributed by atoms with E-state index in [1.165, 1.54) is 18.3 Å². The van der Waals surface area contributed by atoms with Crippen molar-refractivity contribution in [3.05, 3.63) is 46.4 Å². The van der Waals surface area contributed by atoms with Crippen molar-refractivity contribution >= 4 is 17.9 Å². The zero-order chi connectivity index (χ0) is 13.3. The molecule has 1 aromatic carbocycles. The third-order valence-corrected chi connectivity index (χ3v) is 2.80. The second-order valence-electron chi connectivity index (χ2n) is 3.82. The Bertz CT molecular complexity index is 629. The Kier molecular flexibility index (Phi) is 3.30. The van der Waals surface area contributed by atoms with E-state index in [-0.39, 0.29) is 27.6 Å². The van der Waals surface area contributed by atoms with Gasteiger partial charge in [0.2, 0.25) is 0 Å². The average molecular weight is 266 g/mol. The minimum absolute atomic E-state index is 0.0770. The Morgan fingerprint density at radius 3 is 2.83 bits per heavy atom. The molecule has 0 saturated carbocycles. The largest absolute Gasteiger partial charge is 0.506 e. The molecule has 0 unspecified atom stereocenters. The topological polar surface area (TPSA) is 50.2 Å². The van der Waals surface area contributed by atoms with Gasteiger partial charge in [-0.3, -0.25) is 9.78 Å². The van der Waals surface area contributed by atoms with E-state index in [9.17, 15) is 14.3 Å². The highest BCUT2D eigenvalue weighted by Gasteiger charge is 2.16. The normalized spacial score (nSPS) is 10.4. The maximum atomic E-state index is 13.8. The molecule has 0 amide bonds. The first-order valence-corrected chi connectivity index (χ1v) is 5.51. The fourth-order valence-corrected chi connectivity index (χ4v) is 1.83. The summed E-state index contributed by atoms with van der Waals surface area (Å²) in [6.07, 6.45) is 1.84. The molecule has 0 aliphatic rings. The van der Waals surface area contributed by atoms with E-state index in [4.69, 9.17) is 11.6 Å². The Hall–Kier alpha value is -1.94. The number of pyridine rings is 1. The average Bonchev–Trinajstić information content (AvgIpc) is 2.35. The van der Waals surface area contributed by atoms with E-state index in [1.54, 1.807) is 13.0 Å². The second kappa shape index (κ2) is 4.74. The number of carbonyl (C=O) groups excluding carboxylic acids is 1. The molecule has 0 aliphatic carbocycles. The molecule has 0 aliphatic heterocycles. The standard InChI is InChI=1S/C13H9ClFNO2/c1-7-4-8(6-17)13(18)9(5-7)12-11(15)10(14)2-3-16-12/h2-6,18H,1H3. The lowest BCUT2D eigenvalue weighted by Crippen LogP contribution is -1.94. The highest BCUT2D eigenvalue weighted by Crippen LogP contribution is 2.34. The Morgan fingerprint density at radius 2 is 2.17 bits per heavy atom. The smallest absolute Gasteiger partial charge is 0.168 e. The van der Waals surface area contributed by atoms with Crippen LogP contribution in [0.25, 0.3) is 11.3 Å². The number of aldehydes is 1. The van der Waals surface area contributed by atoms with Gasteiger partial charge < -0.3 is 5.11 Å². The van der Waals surface area contributed by atoms with Crippen LogP contribution in [0.2, 0.25) is 5.02 Å². The predicted octanol–water partition coefficient (Wildman–Crippen LogP) is 3.37. The van der Waals surface area contributed by atoms with Crippen LogP contribution in [0, 0.1) is 12.7 Å². The maximum absolute atomic E-state index is 13.8. The van der Waals surface area contributed by atoms with Gasteiger partial charge in [0.1, 0.15) is 11.4 Å². The number of aromatic hydroxyl groups is 1. The van der Waals surface area contributed by atoms with Crippen molar-refractivity contribution in [3.63, 3.8) is 0 Å². The number of phenolic OH excluding ortho intramolecular Hbond substituents is 1. The molecule has 2 aromatic rings. The van der Waals surface area contributed by atoms with E-state index >= 15 is 0 Å². The van der Waals surface area contributed by atoms with Gasteiger partial charge in [-0.2, -0.15) is 0 Å². The zero-order valence-electron chi connectivity index (χ0n) is 9.45. The number of rotatable bonds is 2. The van der Waals surface area contributed by atoms with Crippen LogP contribution in [0.5, 0.6) is 5.75 Å². The molecule has 0 saturated heterocycles. The minimum Gasteiger partial charge on any atom is -0.506 e. The monoisotopic (exact) mass is 265 g/mol. The lowest BCUT2D eigenvalue weighted by Gasteiger charge is -2.09. The number of hydrogen-bond acceptors (Lipinski definition) is 3. The molecule has 0 radical (unpaired) electrons. The van der Waals surface area contributed by atoms with Crippen LogP contribution in [0.4, 0.5) is 4.39 Å². The van der Waals surface area contributed by atoms with Crippen molar-refractivity contribution < 1.29 is 14.3 Å². The van der Waals surface area contributed by atoms with Gasteiger partial charge in [0.15, 0.2) is 12.1 Å². The molecule has 1 aromatic heterocycles. The number of aromatic nitrogens is 1. The number of aryl methyl sites for hydroxylation is 1. The maximum Gasteiger partial charge on any atom is 0.168 e. The Labute approximate surface area is 108 Å². The third kappa shape index (κ3) is 2.07. The summed E-state index contributed by atoms with van der Waals surface area (Å²) in [5, 5.41) is 9.81. The molecule has 0 bridgehead atoms. The number of phenols is 1. The minimum atomic E-state index is -0.725. The Balaban J connectivity index is 2.75. The quantitative estimate of drug-likeness (QED) is 0.847. The van der Waals surface area contributed by atoms with Gasteiger partial charge in [0.25, 0.3) is 0 Å². The summed E-state index contributed by atoms with van der Waals surface area (Å²) in [5.74, 6) is -1.03. The fourth-order valence-electron chi connectivity index (χ4n) is 1.69. The predicted molar refractivity (Wildman–Crippen MR) is 66.4 cm³/mol. The molecule has 2 rings (SSSR count). The third-order valence-electron chi connectivity index (χ3n) is 2.51. The summed E-state index contributed by atoms with van der Waals surface area (Å²) in [6.45, 7) is 1.73. The van der Waals surface area contributed by atoms with Crippen LogP contribution < -0.4 is 0 Å². The highest BCUT2D eigenvalue weighted by molar-refractivity contribution is 6.31. The second-order valence-corrected chi connectivity index (χ2v) is 4.23. The van der Waals surface area contributed by atoms with E-state index < -0.39 is 5.82 Å². The lowest BCUT2D eigenvalue weighted by atomic mass is 10.0. The number of nitrogens with zero attached hydrogens (tertiary/aromatic N) is 1. The number of halogens is 2. The van der Waals surface area contributed by atoms with Gasteiger partial charge in [-0.1, -0.05) is 11.6 Å². The first-order chi connectivity index (χ1) is 8.54. The van der Waals surface area contributed by atoms with E-state index in [1.807, 2.05) is 0 Å². The van der Waals surface area contributed by atoms with Crippen molar-refractivity contribution in [2.45, 2.75) is 6.92 Å². The fraction of sp³-hybridized carbons (Fsp3) is 0.0769. The van der Waals surface area contributed by atoms with Gasteiger partial charge in [0, 0.05) is 11.8 Å². The Morgan fingerprint density at radius 1 is 1.44 bits per heavy atom. The van der Waals surface area contributed by atoms with Gasteiger partial charge in [0.05, 0.1) is 10.6 Å². The molecule has 0 atom stereocenters. The van der Waals surface area contributed by atoms with Gasteiger partial charge >= 0.3 is 0 Å². The van der Waals surface area contributed by atoms with Crippen molar-refractivity contribution in [3.8, 4) is 17.0 Å². The van der Waals surface area contributed by atoms with E-state index in [0.29, 0.717) is 11.8 Å². The summed E-state index contributed by atoms with van der Waals surface area (Å²) in [5.41, 5.74) is 0.876. The van der Waals surface area contributed by atoms with Gasteiger partial charge in [-0.05, 0) is 30.7 Å². The van der Waals surface area contributed by atoms with Crippen LogP contribution in [0.3, 0.4) is 0 Å². The number of hydrogen-bond donors (Lipinski definition) is 1. The summed E-state index contributed by atoms with van der Waals surface area (Å²) in [7, 11) is 0. The SMILES string of the molecule is Cc1cc(C=O)c(O)c(-c2nccc(Cl)c2F)c1. The molecule has 3 nitrogen and oxygen atoms in total. The molecule has 1 heterocycles. The highest BCUT2D eigenvalue weighted by atomic mass is 35.5. The van der Waals surface area contributed by atoms with Gasteiger partial charge in [-0.15, -0.1) is 0 Å². The molecule has 1 N–H and O–H groups in total. The first kappa shape index (κ1) is 12.5. The van der Waals surface area contributed by atoms with Gasteiger partial charge in [-0.25, -0.2) is 4.39 Å². The van der Waals surface area contributed by atoms with Crippen molar-refractivity contribution in [1.29, 1.82) is 0 Å². The lowest BCUT2D eigenvalue weighted by molar-refractivity contribution is 0.112.